The normalized spacial score (nSPS) is 40.7. The van der Waals surface area contributed by atoms with Crippen molar-refractivity contribution in [2.45, 2.75) is 47.0 Å². The molecule has 2 atom stereocenters. The van der Waals surface area contributed by atoms with Gasteiger partial charge in [-0.25, -0.2) is 0 Å². The Morgan fingerprint density at radius 2 is 1.93 bits per heavy atom. The van der Waals surface area contributed by atoms with E-state index in [1.165, 1.54) is 24.8 Å². The number of carbonyl (C=O) groups is 1. The summed E-state index contributed by atoms with van der Waals surface area (Å²) >= 11 is 0. The average molecular weight is 192 g/mol. The van der Waals surface area contributed by atoms with Crippen LogP contribution in [0.4, 0.5) is 0 Å². The highest BCUT2D eigenvalue weighted by Gasteiger charge is 2.50. The van der Waals surface area contributed by atoms with Crippen LogP contribution in [0.25, 0.3) is 0 Å². The molecule has 1 saturated carbocycles. The zero-order chi connectivity index (χ0) is 10.6. The van der Waals surface area contributed by atoms with Gasteiger partial charge in [-0.1, -0.05) is 39.7 Å². The third-order valence-corrected chi connectivity index (χ3v) is 4.51. The van der Waals surface area contributed by atoms with Crippen LogP contribution in [0, 0.1) is 16.7 Å². The molecule has 0 amide bonds. The second kappa shape index (κ2) is 2.71. The van der Waals surface area contributed by atoms with Crippen molar-refractivity contribution >= 4 is 5.78 Å². The summed E-state index contributed by atoms with van der Waals surface area (Å²) in [7, 11) is 0. The molecule has 14 heavy (non-hydrogen) atoms. The molecule has 0 saturated heterocycles. The van der Waals surface area contributed by atoms with Gasteiger partial charge in [0.05, 0.1) is 0 Å². The van der Waals surface area contributed by atoms with Gasteiger partial charge < -0.3 is 0 Å². The fraction of sp³-hybridized carbons (Fsp3) is 0.769. The zero-order valence-electron chi connectivity index (χ0n) is 9.68. The van der Waals surface area contributed by atoms with Crippen LogP contribution in [0.1, 0.15) is 47.0 Å². The SMILES string of the molecule is CC1C(=O)C=C2C(C)(C)CCCC21C. The van der Waals surface area contributed by atoms with Gasteiger partial charge >= 0.3 is 0 Å². The topological polar surface area (TPSA) is 17.1 Å². The first-order valence-electron chi connectivity index (χ1n) is 5.64. The first kappa shape index (κ1) is 9.95. The second-order valence-corrected chi connectivity index (χ2v) is 5.84. The van der Waals surface area contributed by atoms with Crippen molar-refractivity contribution in [3.05, 3.63) is 11.6 Å². The van der Waals surface area contributed by atoms with Crippen LogP contribution in [-0.4, -0.2) is 5.78 Å². The average Bonchev–Trinajstić information content (AvgIpc) is 2.30. The number of hydrogen-bond donors (Lipinski definition) is 0. The summed E-state index contributed by atoms with van der Waals surface area (Å²) in [6.45, 7) is 8.92. The van der Waals surface area contributed by atoms with E-state index < -0.39 is 0 Å². The molecule has 1 heteroatoms. The van der Waals surface area contributed by atoms with E-state index in [1.807, 2.05) is 6.08 Å². The van der Waals surface area contributed by atoms with Crippen molar-refractivity contribution in [1.82, 2.24) is 0 Å². The van der Waals surface area contributed by atoms with Crippen molar-refractivity contribution < 1.29 is 4.79 Å². The molecule has 2 unspecified atom stereocenters. The fourth-order valence-corrected chi connectivity index (χ4v) is 3.33. The third-order valence-electron chi connectivity index (χ3n) is 4.51. The molecule has 1 nitrogen and oxygen atoms in total. The molecule has 0 bridgehead atoms. The largest absolute Gasteiger partial charge is 0.295 e. The van der Waals surface area contributed by atoms with Crippen molar-refractivity contribution in [2.75, 3.05) is 0 Å². The Hall–Kier alpha value is -0.590. The molecular weight excluding hydrogens is 172 g/mol. The fourth-order valence-electron chi connectivity index (χ4n) is 3.33. The lowest BCUT2D eigenvalue weighted by Crippen LogP contribution is -2.36. The Kier molecular flexibility index (Phi) is 1.93. The number of hydrogen-bond acceptors (Lipinski definition) is 1. The maximum Gasteiger partial charge on any atom is 0.159 e. The van der Waals surface area contributed by atoms with Crippen molar-refractivity contribution in [2.24, 2.45) is 16.7 Å². The first-order valence-corrected chi connectivity index (χ1v) is 5.64. The molecule has 2 aliphatic carbocycles. The summed E-state index contributed by atoms with van der Waals surface area (Å²) in [5, 5.41) is 0. The number of rotatable bonds is 0. The van der Waals surface area contributed by atoms with Gasteiger partial charge in [0.25, 0.3) is 0 Å². The second-order valence-electron chi connectivity index (χ2n) is 5.84. The van der Waals surface area contributed by atoms with E-state index in [0.29, 0.717) is 5.78 Å². The van der Waals surface area contributed by atoms with Crippen LogP contribution in [-0.2, 0) is 4.79 Å². The molecular formula is C13H20O. The van der Waals surface area contributed by atoms with Gasteiger partial charge in [0, 0.05) is 5.92 Å². The molecule has 0 aromatic rings. The smallest absolute Gasteiger partial charge is 0.159 e. The Labute approximate surface area is 86.6 Å². The molecule has 2 aliphatic rings. The van der Waals surface area contributed by atoms with Gasteiger partial charge in [-0.15, -0.1) is 0 Å². The van der Waals surface area contributed by atoms with Crippen LogP contribution < -0.4 is 0 Å². The number of carbonyl (C=O) groups excluding carboxylic acids is 1. The minimum Gasteiger partial charge on any atom is -0.295 e. The van der Waals surface area contributed by atoms with E-state index in [2.05, 4.69) is 27.7 Å². The van der Waals surface area contributed by atoms with E-state index in [0.717, 1.165) is 0 Å². The van der Waals surface area contributed by atoms with Gasteiger partial charge in [0.15, 0.2) is 5.78 Å². The van der Waals surface area contributed by atoms with Gasteiger partial charge in [-0.2, -0.15) is 0 Å². The Morgan fingerprint density at radius 3 is 2.50 bits per heavy atom. The van der Waals surface area contributed by atoms with E-state index in [1.54, 1.807) is 0 Å². The van der Waals surface area contributed by atoms with Gasteiger partial charge in [0.2, 0.25) is 0 Å². The quantitative estimate of drug-likeness (QED) is 0.575. The summed E-state index contributed by atoms with van der Waals surface area (Å²) < 4.78 is 0. The highest BCUT2D eigenvalue weighted by molar-refractivity contribution is 5.96. The monoisotopic (exact) mass is 192 g/mol. The predicted octanol–water partition coefficient (Wildman–Crippen LogP) is 3.35. The summed E-state index contributed by atoms with van der Waals surface area (Å²) in [5.41, 5.74) is 1.82. The molecule has 1 fully saturated rings. The first-order chi connectivity index (χ1) is 6.38. The maximum absolute atomic E-state index is 11.8. The minimum absolute atomic E-state index is 0.166. The Bertz CT molecular complexity index is 311. The standard InChI is InChI=1S/C13H20O/c1-9-10(14)8-11-12(2,3)6-5-7-13(9,11)4/h8-9H,5-7H2,1-4H3. The lowest BCUT2D eigenvalue weighted by atomic mass is 9.59. The lowest BCUT2D eigenvalue weighted by molar-refractivity contribution is -0.119. The number of allylic oxidation sites excluding steroid dienone is 2. The molecule has 0 aromatic heterocycles. The van der Waals surface area contributed by atoms with Crippen molar-refractivity contribution in [3.8, 4) is 0 Å². The third kappa shape index (κ3) is 1.11. The number of ketones is 1. The van der Waals surface area contributed by atoms with Crippen LogP contribution >= 0.6 is 0 Å². The summed E-state index contributed by atoms with van der Waals surface area (Å²) in [5.74, 6) is 0.551. The van der Waals surface area contributed by atoms with Crippen LogP contribution in [0.15, 0.2) is 11.6 Å². The molecule has 78 valence electrons. The van der Waals surface area contributed by atoms with E-state index in [4.69, 9.17) is 0 Å². The zero-order valence-corrected chi connectivity index (χ0v) is 9.68. The Balaban J connectivity index is 2.47. The molecule has 0 N–H and O–H groups in total. The highest BCUT2D eigenvalue weighted by atomic mass is 16.1. The molecule has 2 rings (SSSR count). The van der Waals surface area contributed by atoms with E-state index in [-0.39, 0.29) is 16.7 Å². The van der Waals surface area contributed by atoms with Gasteiger partial charge in [-0.05, 0) is 29.7 Å². The minimum atomic E-state index is 0.166. The summed E-state index contributed by atoms with van der Waals surface area (Å²) in [4.78, 5) is 11.8. The van der Waals surface area contributed by atoms with E-state index >= 15 is 0 Å². The highest BCUT2D eigenvalue weighted by Crippen LogP contribution is 2.57. The molecule has 0 aromatic carbocycles. The summed E-state index contributed by atoms with van der Waals surface area (Å²) in [6.07, 6.45) is 5.62. The van der Waals surface area contributed by atoms with Crippen LogP contribution in [0.3, 0.4) is 0 Å². The Morgan fingerprint density at radius 1 is 1.29 bits per heavy atom. The van der Waals surface area contributed by atoms with Gasteiger partial charge in [-0.3, -0.25) is 4.79 Å². The molecule has 0 aliphatic heterocycles. The maximum atomic E-state index is 11.8. The van der Waals surface area contributed by atoms with Crippen LogP contribution in [0.2, 0.25) is 0 Å². The lowest BCUT2D eigenvalue weighted by Gasteiger charge is -2.45. The molecule has 0 radical (unpaired) electrons. The molecule has 0 spiro atoms. The van der Waals surface area contributed by atoms with Crippen molar-refractivity contribution in [3.63, 3.8) is 0 Å². The number of fused-ring (bicyclic) bond motifs is 1. The van der Waals surface area contributed by atoms with Gasteiger partial charge in [0.1, 0.15) is 0 Å². The predicted molar refractivity (Wildman–Crippen MR) is 58.0 cm³/mol. The van der Waals surface area contributed by atoms with Crippen LogP contribution in [0.5, 0.6) is 0 Å². The van der Waals surface area contributed by atoms with E-state index in [9.17, 15) is 4.79 Å². The molecule has 0 heterocycles. The van der Waals surface area contributed by atoms with Crippen molar-refractivity contribution in [1.29, 1.82) is 0 Å². The summed E-state index contributed by atoms with van der Waals surface area (Å²) in [6, 6.07) is 0.